The van der Waals surface area contributed by atoms with Gasteiger partial charge in [0.15, 0.2) is 3.79 Å². The van der Waals surface area contributed by atoms with E-state index in [4.69, 9.17) is 0 Å². The molecule has 3 nitrogen and oxygen atoms in total. The van der Waals surface area contributed by atoms with Crippen LogP contribution in [0.3, 0.4) is 0 Å². The second-order valence-electron chi connectivity index (χ2n) is 9.92. The normalized spacial score (nSPS) is 63.4. The number of carboxylic acids is 1. The van der Waals surface area contributed by atoms with E-state index in [1.54, 1.807) is 0 Å². The number of carboxylic acid groups (broad SMARTS) is 1. The molecule has 5 rings (SSSR count). The number of carbonyl (C=O) groups is 2. The van der Waals surface area contributed by atoms with E-state index < -0.39 is 11.9 Å². The Kier molecular flexibility index (Phi) is 2.33. The van der Waals surface area contributed by atoms with Crippen LogP contribution >= 0.6 is 22.6 Å². The number of rotatable bonds is 3. The lowest BCUT2D eigenvalue weighted by molar-refractivity contribution is -0.140. The number of carbonyl (C=O) groups excluding carboxylic acids is 1. The molecule has 0 heterocycles. The van der Waals surface area contributed by atoms with E-state index >= 15 is 0 Å². The number of fused-ring (bicyclic) bond motifs is 2. The minimum Gasteiger partial charge on any atom is -0.481 e. The largest absolute Gasteiger partial charge is 0.481 e. The van der Waals surface area contributed by atoms with E-state index in [1.165, 1.54) is 38.5 Å². The maximum atomic E-state index is 12.0. The van der Waals surface area contributed by atoms with Crippen LogP contribution in [0.15, 0.2) is 0 Å². The minimum absolute atomic E-state index is 0.0759. The summed E-state index contributed by atoms with van der Waals surface area (Å²) in [6, 6.07) is 0. The molecule has 5 aliphatic rings. The second-order valence-corrected chi connectivity index (χ2v) is 11.0. The molecule has 0 aliphatic heterocycles. The van der Waals surface area contributed by atoms with Crippen molar-refractivity contribution in [3.8, 4) is 0 Å². The zero-order valence-electron chi connectivity index (χ0n) is 13.2. The summed E-state index contributed by atoms with van der Waals surface area (Å²) >= 11 is 1.84. The summed E-state index contributed by atoms with van der Waals surface area (Å²) in [6.45, 7) is 4.92. The fourth-order valence-corrected chi connectivity index (χ4v) is 9.47. The van der Waals surface area contributed by atoms with Gasteiger partial charge >= 0.3 is 5.97 Å². The highest BCUT2D eigenvalue weighted by atomic mass is 127. The Morgan fingerprint density at radius 3 is 2.36 bits per heavy atom. The van der Waals surface area contributed by atoms with Gasteiger partial charge in [0.25, 0.3) is 0 Å². The van der Waals surface area contributed by atoms with Gasteiger partial charge in [-0.15, -0.1) is 0 Å². The number of hydrogen-bond acceptors (Lipinski definition) is 2. The summed E-state index contributed by atoms with van der Waals surface area (Å²) in [4.78, 5) is 23.6. The van der Waals surface area contributed by atoms with Crippen LogP contribution in [0.25, 0.3) is 0 Å². The number of aliphatic carboxylic acids is 1. The third-order valence-electron chi connectivity index (χ3n) is 8.61. The zero-order chi connectivity index (χ0) is 15.7. The Labute approximate surface area is 144 Å². The van der Waals surface area contributed by atoms with Crippen LogP contribution in [-0.2, 0) is 9.59 Å². The van der Waals surface area contributed by atoms with E-state index in [-0.39, 0.29) is 21.0 Å². The van der Waals surface area contributed by atoms with Crippen LogP contribution in [0.4, 0.5) is 0 Å². The van der Waals surface area contributed by atoms with Gasteiger partial charge in [0, 0.05) is 5.92 Å². The Morgan fingerprint density at radius 1 is 1.05 bits per heavy atom. The molecule has 8 atom stereocenters. The van der Waals surface area contributed by atoms with E-state index in [9.17, 15) is 14.7 Å². The molecule has 1 N–H and O–H groups in total. The molecule has 5 fully saturated rings. The maximum Gasteiger partial charge on any atom is 0.307 e. The highest BCUT2D eigenvalue weighted by Gasteiger charge is 2.82. The first-order chi connectivity index (χ1) is 10.2. The molecule has 5 saturated carbocycles. The van der Waals surface area contributed by atoms with Crippen LogP contribution < -0.4 is 0 Å². The molecule has 0 aromatic heterocycles. The Bertz CT molecular complexity index is 612. The monoisotopic (exact) mass is 414 g/mol. The smallest absolute Gasteiger partial charge is 0.307 e. The number of halogens is 1. The van der Waals surface area contributed by atoms with Crippen LogP contribution in [-0.4, -0.2) is 14.9 Å². The molecule has 22 heavy (non-hydrogen) atoms. The van der Waals surface area contributed by atoms with Crippen molar-refractivity contribution in [2.24, 2.45) is 45.3 Å². The van der Waals surface area contributed by atoms with Crippen molar-refractivity contribution >= 4 is 32.4 Å². The van der Waals surface area contributed by atoms with Gasteiger partial charge in [0.1, 0.15) is 0 Å². The Hall–Kier alpha value is -0.130. The lowest BCUT2D eigenvalue weighted by atomic mass is 9.47. The molecule has 0 radical (unpaired) electrons. The van der Waals surface area contributed by atoms with Gasteiger partial charge in [0.05, 0.1) is 5.92 Å². The molecule has 3 bridgehead atoms. The fourth-order valence-electron chi connectivity index (χ4n) is 8.70. The van der Waals surface area contributed by atoms with Crippen molar-refractivity contribution in [2.75, 3.05) is 0 Å². The van der Waals surface area contributed by atoms with Crippen molar-refractivity contribution in [3.63, 3.8) is 0 Å². The van der Waals surface area contributed by atoms with Crippen LogP contribution in [0.1, 0.15) is 52.4 Å². The first kappa shape index (κ1) is 14.2. The zero-order valence-corrected chi connectivity index (χ0v) is 15.4. The van der Waals surface area contributed by atoms with Crippen molar-refractivity contribution in [1.82, 2.24) is 0 Å². The van der Waals surface area contributed by atoms with Crippen molar-refractivity contribution in [1.29, 1.82) is 0 Å². The third kappa shape index (κ3) is 1.33. The summed E-state index contributed by atoms with van der Waals surface area (Å²) in [5, 5.41) is 9.58. The molecular weight excluding hydrogens is 391 g/mol. The van der Waals surface area contributed by atoms with E-state index in [2.05, 4.69) is 13.8 Å². The predicted molar refractivity (Wildman–Crippen MR) is 89.4 cm³/mol. The Balaban J connectivity index is 1.57. The summed E-state index contributed by atoms with van der Waals surface area (Å²) < 4.78 is 0.0759. The van der Waals surface area contributed by atoms with Gasteiger partial charge in [-0.2, -0.15) is 0 Å². The van der Waals surface area contributed by atoms with E-state index in [1.807, 2.05) is 22.6 Å². The molecule has 0 aromatic carbocycles. The summed E-state index contributed by atoms with van der Waals surface area (Å²) in [6.07, 6.45) is 7.61. The first-order valence-electron chi connectivity index (χ1n) is 8.58. The van der Waals surface area contributed by atoms with Crippen LogP contribution in [0.2, 0.25) is 0 Å². The maximum absolute atomic E-state index is 12.0. The first-order valence-corrected chi connectivity index (χ1v) is 9.66. The highest BCUT2D eigenvalue weighted by Crippen LogP contribution is 2.89. The highest BCUT2D eigenvalue weighted by molar-refractivity contribution is 14.1. The van der Waals surface area contributed by atoms with Gasteiger partial charge in [-0.25, -0.2) is 0 Å². The van der Waals surface area contributed by atoms with Crippen LogP contribution in [0, 0.1) is 45.3 Å². The average Bonchev–Trinajstić information content (AvgIpc) is 3.05. The summed E-state index contributed by atoms with van der Waals surface area (Å²) in [7, 11) is 0. The molecule has 120 valence electrons. The average molecular weight is 414 g/mol. The molecular formula is C18H23IO3. The molecule has 0 amide bonds. The SMILES string of the molecule is CC12CC3(C4C(C(=O)O)C4C(=O)I)CC4CC(C)(C1)C4(C2)C3. The van der Waals surface area contributed by atoms with Gasteiger partial charge in [-0.05, 0) is 94.6 Å². The minimum atomic E-state index is -0.739. The molecule has 5 aliphatic carbocycles. The van der Waals surface area contributed by atoms with E-state index in [0.717, 1.165) is 5.92 Å². The molecule has 0 saturated heterocycles. The van der Waals surface area contributed by atoms with Crippen molar-refractivity contribution < 1.29 is 14.7 Å². The van der Waals surface area contributed by atoms with Gasteiger partial charge in [-0.3, -0.25) is 9.59 Å². The quantitative estimate of drug-likeness (QED) is 0.563. The summed E-state index contributed by atoms with van der Waals surface area (Å²) in [5.41, 5.74) is 1.54. The van der Waals surface area contributed by atoms with Crippen LogP contribution in [0.5, 0.6) is 0 Å². The standard InChI is InChI=1S/C18H23IO3/c1-15-5-16(2)3-9-4-17(6-15,8-18(9,16)7-15)12-10(13(19)20)11(12)14(21)22/h9-12H,3-8H2,1-2H3,(H,21,22). The third-order valence-corrected chi connectivity index (χ3v) is 9.33. The molecule has 0 aromatic rings. The molecule has 8 unspecified atom stereocenters. The fraction of sp³-hybridized carbons (Fsp3) is 0.889. The lowest BCUT2D eigenvalue weighted by Crippen LogP contribution is -2.50. The van der Waals surface area contributed by atoms with Crippen molar-refractivity contribution in [2.45, 2.75) is 52.4 Å². The second kappa shape index (κ2) is 3.60. The number of hydrogen-bond donors (Lipinski definition) is 1. The van der Waals surface area contributed by atoms with Gasteiger partial charge in [0.2, 0.25) is 0 Å². The molecule has 4 heteroatoms. The topological polar surface area (TPSA) is 54.4 Å². The molecule has 1 spiro atoms. The van der Waals surface area contributed by atoms with Crippen molar-refractivity contribution in [3.05, 3.63) is 0 Å². The summed E-state index contributed by atoms with van der Waals surface area (Å²) in [5.74, 6) is -0.414. The van der Waals surface area contributed by atoms with Gasteiger partial charge in [-0.1, -0.05) is 13.8 Å². The predicted octanol–water partition coefficient (Wildman–Crippen LogP) is 3.89. The van der Waals surface area contributed by atoms with E-state index in [0.29, 0.717) is 16.2 Å². The lowest BCUT2D eigenvalue weighted by Gasteiger charge is -2.57. The Morgan fingerprint density at radius 2 is 1.77 bits per heavy atom. The van der Waals surface area contributed by atoms with Gasteiger partial charge < -0.3 is 5.11 Å².